The van der Waals surface area contributed by atoms with E-state index in [1.807, 2.05) is 0 Å². The molecule has 2 rings (SSSR count). The minimum Gasteiger partial charge on any atom is -0.0625 e. The molecule has 4 atom stereocenters. The van der Waals surface area contributed by atoms with Crippen molar-refractivity contribution in [3.8, 4) is 0 Å². The number of hydrogen-bond acceptors (Lipinski definition) is 0. The third kappa shape index (κ3) is 4.59. The molecule has 0 aromatic heterocycles. The first-order valence-electron chi connectivity index (χ1n) is 8.25. The molecule has 0 heteroatoms. The minimum atomic E-state index is 0.928. The zero-order valence-electron chi connectivity index (χ0n) is 14.0. The van der Waals surface area contributed by atoms with Crippen LogP contribution in [0.5, 0.6) is 0 Å². The molecule has 0 saturated heterocycles. The Labute approximate surface area is 116 Å². The van der Waals surface area contributed by atoms with E-state index >= 15 is 0 Å². The van der Waals surface area contributed by atoms with Gasteiger partial charge < -0.3 is 0 Å². The molecular weight excluding hydrogens is 216 g/mol. The lowest BCUT2D eigenvalue weighted by atomic mass is 10.0. The zero-order chi connectivity index (χ0) is 14.0. The maximum atomic E-state index is 2.34. The third-order valence-electron chi connectivity index (χ3n) is 5.21. The molecule has 0 aromatic rings. The molecule has 0 heterocycles. The summed E-state index contributed by atoms with van der Waals surface area (Å²) in [6.45, 7) is 18.7. The summed E-state index contributed by atoms with van der Waals surface area (Å²) in [4.78, 5) is 0. The fourth-order valence-corrected chi connectivity index (χ4v) is 3.54. The van der Waals surface area contributed by atoms with Gasteiger partial charge in [0.05, 0.1) is 0 Å². The topological polar surface area (TPSA) is 0 Å². The minimum absolute atomic E-state index is 0.928. The van der Waals surface area contributed by atoms with E-state index in [1.54, 1.807) is 0 Å². The van der Waals surface area contributed by atoms with Gasteiger partial charge in [0.15, 0.2) is 0 Å². The van der Waals surface area contributed by atoms with Crippen molar-refractivity contribution in [2.75, 3.05) is 0 Å². The Hall–Kier alpha value is 0. The molecule has 2 aliphatic rings. The molecule has 0 unspecified atom stereocenters. The summed E-state index contributed by atoms with van der Waals surface area (Å²) in [7, 11) is 0. The largest absolute Gasteiger partial charge is 0.0625 e. The van der Waals surface area contributed by atoms with Gasteiger partial charge in [0.2, 0.25) is 0 Å². The summed E-state index contributed by atoms with van der Waals surface area (Å²) in [5.41, 5.74) is 0. The van der Waals surface area contributed by atoms with Gasteiger partial charge in [-0.25, -0.2) is 0 Å². The molecule has 0 aromatic carbocycles. The van der Waals surface area contributed by atoms with Crippen LogP contribution in [0.25, 0.3) is 0 Å². The summed E-state index contributed by atoms with van der Waals surface area (Å²) in [6.07, 6.45) is 2.99. The highest BCUT2D eigenvalue weighted by Crippen LogP contribution is 2.49. The van der Waals surface area contributed by atoms with Crippen LogP contribution in [0, 0.1) is 47.3 Å². The molecule has 0 N–H and O–H groups in total. The lowest BCUT2D eigenvalue weighted by Crippen LogP contribution is -1.97. The first-order valence-corrected chi connectivity index (χ1v) is 8.25. The van der Waals surface area contributed by atoms with E-state index in [0.717, 1.165) is 47.3 Å². The molecule has 0 radical (unpaired) electrons. The van der Waals surface area contributed by atoms with Gasteiger partial charge in [0, 0.05) is 0 Å². The Morgan fingerprint density at radius 2 is 0.611 bits per heavy atom. The molecule has 0 amide bonds. The standard InChI is InChI=1S/2C9H18/c2*1-6(2)8-5-9(8)7(3)4/h2*6-9H,5H2,1-4H3/t2*8-,9+. The molecule has 0 nitrogen and oxygen atoms in total. The maximum Gasteiger partial charge on any atom is -0.0357 e. The van der Waals surface area contributed by atoms with Crippen molar-refractivity contribution in [1.29, 1.82) is 0 Å². The summed E-state index contributed by atoms with van der Waals surface area (Å²) < 4.78 is 0. The van der Waals surface area contributed by atoms with Crippen LogP contribution in [-0.4, -0.2) is 0 Å². The fourth-order valence-electron chi connectivity index (χ4n) is 3.54. The van der Waals surface area contributed by atoms with Crippen molar-refractivity contribution < 1.29 is 0 Å². The molecule has 108 valence electrons. The lowest BCUT2D eigenvalue weighted by Gasteiger charge is -2.04. The Kier molecular flexibility index (Phi) is 5.74. The summed E-state index contributed by atoms with van der Waals surface area (Å²) in [5, 5.41) is 0. The van der Waals surface area contributed by atoms with E-state index in [1.165, 1.54) is 12.8 Å². The molecular formula is C18H36. The monoisotopic (exact) mass is 252 g/mol. The zero-order valence-corrected chi connectivity index (χ0v) is 14.0. The van der Waals surface area contributed by atoms with Crippen LogP contribution in [0.4, 0.5) is 0 Å². The maximum absolute atomic E-state index is 2.34. The van der Waals surface area contributed by atoms with Gasteiger partial charge in [-0.2, -0.15) is 0 Å². The Bertz CT molecular complexity index is 186. The quantitative estimate of drug-likeness (QED) is 0.587. The highest BCUT2D eigenvalue weighted by atomic mass is 14.5. The average molecular weight is 252 g/mol. The van der Waals surface area contributed by atoms with Crippen molar-refractivity contribution in [1.82, 2.24) is 0 Å². The van der Waals surface area contributed by atoms with Crippen molar-refractivity contribution in [2.24, 2.45) is 47.3 Å². The first-order chi connectivity index (χ1) is 8.25. The van der Waals surface area contributed by atoms with Crippen molar-refractivity contribution in [3.05, 3.63) is 0 Å². The third-order valence-corrected chi connectivity index (χ3v) is 5.21. The molecule has 0 aliphatic heterocycles. The molecule has 2 aliphatic carbocycles. The highest BCUT2D eigenvalue weighted by Gasteiger charge is 2.41. The second-order valence-electron chi connectivity index (χ2n) is 8.10. The number of hydrogen-bond donors (Lipinski definition) is 0. The van der Waals surface area contributed by atoms with Gasteiger partial charge in [-0.3, -0.25) is 0 Å². The van der Waals surface area contributed by atoms with Crippen LogP contribution in [0.2, 0.25) is 0 Å². The Morgan fingerprint density at radius 3 is 0.667 bits per heavy atom. The van der Waals surface area contributed by atoms with Gasteiger partial charge in [-0.05, 0) is 60.2 Å². The van der Waals surface area contributed by atoms with Gasteiger partial charge in [0.1, 0.15) is 0 Å². The lowest BCUT2D eigenvalue weighted by molar-refractivity contribution is 0.448. The molecule has 2 fully saturated rings. The molecule has 0 spiro atoms. The van der Waals surface area contributed by atoms with E-state index in [-0.39, 0.29) is 0 Å². The second kappa shape index (κ2) is 6.44. The molecule has 2 saturated carbocycles. The summed E-state index contributed by atoms with van der Waals surface area (Å²) in [6, 6.07) is 0. The van der Waals surface area contributed by atoms with Crippen LogP contribution in [0.3, 0.4) is 0 Å². The van der Waals surface area contributed by atoms with E-state index in [2.05, 4.69) is 55.4 Å². The first kappa shape index (κ1) is 16.1. The molecule has 18 heavy (non-hydrogen) atoms. The Balaban J connectivity index is 0.000000180. The van der Waals surface area contributed by atoms with Crippen LogP contribution in [0.1, 0.15) is 68.2 Å². The van der Waals surface area contributed by atoms with Crippen molar-refractivity contribution in [3.63, 3.8) is 0 Å². The smallest absolute Gasteiger partial charge is 0.0357 e. The normalized spacial score (nSPS) is 34.0. The van der Waals surface area contributed by atoms with Crippen molar-refractivity contribution in [2.45, 2.75) is 68.2 Å². The number of rotatable bonds is 4. The highest BCUT2D eigenvalue weighted by molar-refractivity contribution is 4.90. The van der Waals surface area contributed by atoms with Crippen LogP contribution in [0.15, 0.2) is 0 Å². The SMILES string of the molecule is CC(C)[C@H]1C[C@H]1C(C)C.CC(C)[C@H]1C[C@H]1C(C)C. The van der Waals surface area contributed by atoms with Gasteiger partial charge >= 0.3 is 0 Å². The van der Waals surface area contributed by atoms with E-state index < -0.39 is 0 Å². The van der Waals surface area contributed by atoms with Gasteiger partial charge in [-0.15, -0.1) is 0 Å². The van der Waals surface area contributed by atoms with Crippen LogP contribution < -0.4 is 0 Å². The second-order valence-corrected chi connectivity index (χ2v) is 8.10. The average Bonchev–Trinajstić information content (AvgIpc) is 3.12. The predicted octanol–water partition coefficient (Wildman–Crippen LogP) is 5.87. The predicted molar refractivity (Wildman–Crippen MR) is 82.5 cm³/mol. The van der Waals surface area contributed by atoms with E-state index in [0.29, 0.717) is 0 Å². The van der Waals surface area contributed by atoms with Crippen LogP contribution >= 0.6 is 0 Å². The summed E-state index contributed by atoms with van der Waals surface area (Å²) in [5.74, 6) is 7.95. The fraction of sp³-hybridized carbons (Fsp3) is 1.00. The van der Waals surface area contributed by atoms with E-state index in [4.69, 9.17) is 0 Å². The van der Waals surface area contributed by atoms with E-state index in [9.17, 15) is 0 Å². The van der Waals surface area contributed by atoms with Crippen LogP contribution in [-0.2, 0) is 0 Å². The van der Waals surface area contributed by atoms with Crippen molar-refractivity contribution >= 4 is 0 Å². The van der Waals surface area contributed by atoms with Gasteiger partial charge in [0.25, 0.3) is 0 Å². The summed E-state index contributed by atoms with van der Waals surface area (Å²) >= 11 is 0. The Morgan fingerprint density at radius 1 is 0.444 bits per heavy atom. The van der Waals surface area contributed by atoms with Gasteiger partial charge in [-0.1, -0.05) is 55.4 Å². The molecule has 0 bridgehead atoms.